The minimum absolute atomic E-state index is 0.821. The van der Waals surface area contributed by atoms with E-state index >= 15 is 0 Å². The third-order valence-corrected chi connectivity index (χ3v) is 12.3. The largest absolute Gasteiger partial charge is 0.496 e. The van der Waals surface area contributed by atoms with Gasteiger partial charge in [0.2, 0.25) is 0 Å². The van der Waals surface area contributed by atoms with Gasteiger partial charge in [0.1, 0.15) is 5.75 Å². The van der Waals surface area contributed by atoms with Crippen molar-refractivity contribution in [3.8, 4) is 16.2 Å². The van der Waals surface area contributed by atoms with Gasteiger partial charge in [0.05, 0.1) is 12.0 Å². The first-order valence-electron chi connectivity index (χ1n) is 15.5. The lowest BCUT2D eigenvalue weighted by molar-refractivity contribution is 0.112. The highest BCUT2D eigenvalue weighted by atomic mass is 32.1. The van der Waals surface area contributed by atoms with Gasteiger partial charge in [-0.1, -0.05) is 89.0 Å². The molecule has 0 bridgehead atoms. The van der Waals surface area contributed by atoms with Crippen molar-refractivity contribution in [3.63, 3.8) is 0 Å². The maximum atomic E-state index is 11.3. The highest BCUT2D eigenvalue weighted by molar-refractivity contribution is 7.28. The van der Waals surface area contributed by atoms with Crippen LogP contribution in [0.4, 0.5) is 0 Å². The number of unbranched alkanes of at least 4 members (excludes halogenated alkanes) is 9. The van der Waals surface area contributed by atoms with E-state index < -0.39 is 0 Å². The summed E-state index contributed by atoms with van der Waals surface area (Å²) in [5.41, 5.74) is 3.54. The SMILES string of the molecule is CCCCCCCCCCCCc1ccc(-c2cc(OC)c(Cc3cc4sc(Cc5sccc5C=O)cc4s3)s2)cc1. The van der Waals surface area contributed by atoms with Gasteiger partial charge in [0.25, 0.3) is 0 Å². The van der Waals surface area contributed by atoms with Crippen molar-refractivity contribution < 1.29 is 9.53 Å². The summed E-state index contributed by atoms with van der Waals surface area (Å²) in [6.07, 6.45) is 17.7. The van der Waals surface area contributed by atoms with Crippen LogP contribution in [-0.2, 0) is 19.3 Å². The van der Waals surface area contributed by atoms with E-state index in [1.165, 1.54) is 111 Å². The Kier molecular flexibility index (Phi) is 11.9. The van der Waals surface area contributed by atoms with E-state index in [0.717, 1.165) is 35.3 Å². The molecule has 4 aromatic heterocycles. The molecule has 6 heteroatoms. The van der Waals surface area contributed by atoms with Gasteiger partial charge < -0.3 is 4.74 Å². The Labute approximate surface area is 267 Å². The van der Waals surface area contributed by atoms with Gasteiger partial charge in [-0.2, -0.15) is 0 Å². The monoisotopic (exact) mass is 634 g/mol. The molecule has 0 saturated carbocycles. The summed E-state index contributed by atoms with van der Waals surface area (Å²) < 4.78 is 8.48. The molecule has 0 unspecified atom stereocenters. The number of thiophene rings is 4. The smallest absolute Gasteiger partial charge is 0.151 e. The molecule has 222 valence electrons. The van der Waals surface area contributed by atoms with Gasteiger partial charge in [0, 0.05) is 47.3 Å². The van der Waals surface area contributed by atoms with E-state index in [1.807, 2.05) is 45.5 Å². The maximum absolute atomic E-state index is 11.3. The van der Waals surface area contributed by atoms with E-state index in [0.29, 0.717) is 0 Å². The molecule has 42 heavy (non-hydrogen) atoms. The van der Waals surface area contributed by atoms with Gasteiger partial charge in [-0.3, -0.25) is 4.79 Å². The topological polar surface area (TPSA) is 26.3 Å². The first-order valence-corrected chi connectivity index (χ1v) is 18.8. The van der Waals surface area contributed by atoms with Crippen molar-refractivity contribution in [1.29, 1.82) is 0 Å². The molecule has 0 aliphatic heterocycles. The molecule has 2 nitrogen and oxygen atoms in total. The molecule has 0 amide bonds. The number of carbonyl (C=O) groups is 1. The second-order valence-electron chi connectivity index (χ2n) is 11.2. The van der Waals surface area contributed by atoms with Crippen LogP contribution >= 0.6 is 45.3 Å². The molecular weight excluding hydrogens is 593 g/mol. The molecule has 0 fully saturated rings. The lowest BCUT2D eigenvalue weighted by Crippen LogP contribution is -1.87. The number of carbonyl (C=O) groups excluding carboxylic acids is 1. The van der Waals surface area contributed by atoms with E-state index in [2.05, 4.69) is 49.4 Å². The molecule has 0 spiro atoms. The molecule has 0 atom stereocenters. The predicted molar refractivity (Wildman–Crippen MR) is 187 cm³/mol. The second kappa shape index (κ2) is 16.0. The molecule has 5 rings (SSSR count). The fourth-order valence-electron chi connectivity index (χ4n) is 5.53. The average Bonchev–Trinajstić information content (AvgIpc) is 3.78. The fraction of sp³-hybridized carbons (Fsp3) is 0.417. The Morgan fingerprint density at radius 3 is 1.95 bits per heavy atom. The van der Waals surface area contributed by atoms with Crippen LogP contribution in [0.5, 0.6) is 5.75 Å². The molecule has 5 aromatic rings. The van der Waals surface area contributed by atoms with E-state index in [9.17, 15) is 4.79 Å². The lowest BCUT2D eigenvalue weighted by Gasteiger charge is -2.04. The minimum Gasteiger partial charge on any atom is -0.496 e. The van der Waals surface area contributed by atoms with Crippen LogP contribution in [0.2, 0.25) is 0 Å². The van der Waals surface area contributed by atoms with Crippen LogP contribution in [0, 0.1) is 0 Å². The highest BCUT2D eigenvalue weighted by Crippen LogP contribution is 2.41. The summed E-state index contributed by atoms with van der Waals surface area (Å²) in [7, 11) is 1.78. The number of fused-ring (bicyclic) bond motifs is 1. The van der Waals surface area contributed by atoms with E-state index in [1.54, 1.807) is 18.4 Å². The zero-order chi connectivity index (χ0) is 29.1. The van der Waals surface area contributed by atoms with Crippen molar-refractivity contribution in [2.45, 2.75) is 90.4 Å². The summed E-state index contributed by atoms with van der Waals surface area (Å²) >= 11 is 7.24. The number of benzene rings is 1. The highest BCUT2D eigenvalue weighted by Gasteiger charge is 2.15. The molecule has 0 N–H and O–H groups in total. The number of aryl methyl sites for hydroxylation is 1. The molecule has 1 aromatic carbocycles. The Morgan fingerprint density at radius 2 is 1.33 bits per heavy atom. The number of hydrogen-bond acceptors (Lipinski definition) is 6. The molecule has 4 heterocycles. The van der Waals surface area contributed by atoms with E-state index in [4.69, 9.17) is 4.74 Å². The lowest BCUT2D eigenvalue weighted by atomic mass is 10.0. The van der Waals surface area contributed by atoms with Crippen molar-refractivity contribution in [3.05, 3.63) is 84.5 Å². The van der Waals surface area contributed by atoms with Gasteiger partial charge in [-0.05, 0) is 53.6 Å². The standard InChI is InChI=1S/C36H42O2S4/c1-3-4-5-6-7-8-9-10-11-12-13-26-14-16-27(17-15-26)33-24-31(38-2)34(42-33)21-30-23-36-35(41-30)22-29(40-36)20-32-28(25-37)18-19-39-32/h14-19,22-25H,3-13,20-21H2,1-2H3. The third kappa shape index (κ3) is 8.43. The van der Waals surface area contributed by atoms with Crippen molar-refractivity contribution in [2.24, 2.45) is 0 Å². The first kappa shape index (κ1) is 31.2. The fourth-order valence-corrected chi connectivity index (χ4v) is 10.2. The normalized spacial score (nSPS) is 11.5. The van der Waals surface area contributed by atoms with Crippen LogP contribution in [-0.4, -0.2) is 13.4 Å². The number of rotatable bonds is 18. The Bertz CT molecular complexity index is 1500. The Hall–Kier alpha value is -2.25. The van der Waals surface area contributed by atoms with Gasteiger partial charge in [-0.15, -0.1) is 45.3 Å². The number of ether oxygens (including phenoxy) is 1. The van der Waals surface area contributed by atoms with Crippen molar-refractivity contribution in [1.82, 2.24) is 0 Å². The van der Waals surface area contributed by atoms with E-state index in [-0.39, 0.29) is 0 Å². The molecule has 0 saturated heterocycles. The summed E-state index contributed by atoms with van der Waals surface area (Å²) in [6, 6.07) is 18.0. The molecular formula is C36H42O2S4. The van der Waals surface area contributed by atoms with Gasteiger partial charge >= 0.3 is 0 Å². The van der Waals surface area contributed by atoms with Crippen LogP contribution in [0.3, 0.4) is 0 Å². The average molecular weight is 635 g/mol. The number of aldehydes is 1. The van der Waals surface area contributed by atoms with Crippen LogP contribution in [0.1, 0.15) is 107 Å². The van der Waals surface area contributed by atoms with Crippen LogP contribution in [0.15, 0.2) is 53.9 Å². The van der Waals surface area contributed by atoms with Crippen LogP contribution in [0.25, 0.3) is 19.8 Å². The molecule has 0 aliphatic carbocycles. The Balaban J connectivity index is 1.12. The first-order chi connectivity index (χ1) is 20.7. The zero-order valence-corrected chi connectivity index (χ0v) is 28.2. The summed E-state index contributed by atoms with van der Waals surface area (Å²) in [6.45, 7) is 2.29. The zero-order valence-electron chi connectivity index (χ0n) is 24.9. The quantitative estimate of drug-likeness (QED) is 0.0708. The van der Waals surface area contributed by atoms with Crippen LogP contribution < -0.4 is 4.74 Å². The second-order valence-corrected chi connectivity index (χ2v) is 15.6. The van der Waals surface area contributed by atoms with Crippen molar-refractivity contribution in [2.75, 3.05) is 7.11 Å². The number of methoxy groups -OCH3 is 1. The summed E-state index contributed by atoms with van der Waals surface area (Å²) in [4.78, 5) is 17.7. The predicted octanol–water partition coefficient (Wildman–Crippen LogP) is 12.2. The number of hydrogen-bond donors (Lipinski definition) is 0. The molecule has 0 radical (unpaired) electrons. The third-order valence-electron chi connectivity index (χ3n) is 7.93. The van der Waals surface area contributed by atoms with Crippen molar-refractivity contribution >= 4 is 61.0 Å². The van der Waals surface area contributed by atoms with Gasteiger partial charge in [0.15, 0.2) is 6.29 Å². The van der Waals surface area contributed by atoms with Gasteiger partial charge in [-0.25, -0.2) is 0 Å². The minimum atomic E-state index is 0.821. The molecule has 0 aliphatic rings. The summed E-state index contributed by atoms with van der Waals surface area (Å²) in [5, 5.41) is 2.00. The summed E-state index contributed by atoms with van der Waals surface area (Å²) in [5.74, 6) is 0.987. The maximum Gasteiger partial charge on any atom is 0.151 e. The Morgan fingerprint density at radius 1 is 0.714 bits per heavy atom.